The van der Waals surface area contributed by atoms with Crippen LogP contribution in [0, 0.1) is 22.7 Å². The van der Waals surface area contributed by atoms with E-state index < -0.39 is 8.67 Å². The Labute approximate surface area is 117 Å². The third-order valence-corrected chi connectivity index (χ3v) is 7.57. The fraction of sp³-hybridized carbons (Fsp3) is 0.833. The summed E-state index contributed by atoms with van der Waals surface area (Å²) in [7, 11) is 0. The van der Waals surface area contributed by atoms with Crippen LogP contribution < -0.4 is 0 Å². The number of halogens is 4. The van der Waals surface area contributed by atoms with E-state index >= 15 is 0 Å². The van der Waals surface area contributed by atoms with Crippen LogP contribution in [-0.2, 0) is 0 Å². The molecule has 3 atom stereocenters. The first-order valence-corrected chi connectivity index (χ1v) is 6.96. The van der Waals surface area contributed by atoms with Crippen molar-refractivity contribution < 1.29 is 0 Å². The van der Waals surface area contributed by atoms with Gasteiger partial charge in [-0.15, -0.1) is 46.4 Å². The van der Waals surface area contributed by atoms with E-state index in [2.05, 4.69) is 39.8 Å². The van der Waals surface area contributed by atoms with E-state index in [9.17, 15) is 0 Å². The highest BCUT2D eigenvalue weighted by Gasteiger charge is 2.71. The molecule has 2 saturated carbocycles. The van der Waals surface area contributed by atoms with Crippen molar-refractivity contribution in [3.8, 4) is 0 Å². The summed E-state index contributed by atoms with van der Waals surface area (Å²) in [4.78, 5) is 0. The smallest absolute Gasteiger partial charge is 0.100 e. The topological polar surface area (TPSA) is 0 Å². The van der Waals surface area contributed by atoms with E-state index in [1.165, 1.54) is 0 Å². The molecule has 0 heterocycles. The first-order valence-electron chi connectivity index (χ1n) is 5.44. The Hall–Kier alpha value is 0.900. The van der Waals surface area contributed by atoms with Gasteiger partial charge in [0.25, 0.3) is 0 Å². The summed E-state index contributed by atoms with van der Waals surface area (Å²) in [5, 5.41) is 0. The molecule has 0 radical (unpaired) electrons. The molecular formula is C12H16Cl4. The molecule has 2 fully saturated rings. The maximum absolute atomic E-state index is 6.20. The molecule has 0 saturated heterocycles. The van der Waals surface area contributed by atoms with E-state index in [-0.39, 0.29) is 22.7 Å². The van der Waals surface area contributed by atoms with Crippen LogP contribution in [0.1, 0.15) is 27.7 Å². The van der Waals surface area contributed by atoms with Crippen molar-refractivity contribution in [1.82, 2.24) is 0 Å². The Morgan fingerprint density at radius 1 is 0.938 bits per heavy atom. The molecule has 0 amide bonds. The van der Waals surface area contributed by atoms with Gasteiger partial charge >= 0.3 is 0 Å². The fourth-order valence-corrected chi connectivity index (χ4v) is 3.98. The molecule has 92 valence electrons. The van der Waals surface area contributed by atoms with Crippen LogP contribution in [0.25, 0.3) is 0 Å². The summed E-state index contributed by atoms with van der Waals surface area (Å²) in [5.74, 6) is 0.443. The molecule has 0 aromatic carbocycles. The van der Waals surface area contributed by atoms with Crippen LogP contribution in [0.2, 0.25) is 0 Å². The van der Waals surface area contributed by atoms with Gasteiger partial charge in [0, 0.05) is 22.7 Å². The van der Waals surface area contributed by atoms with Gasteiger partial charge in [0.05, 0.1) is 0 Å². The predicted octanol–water partition coefficient (Wildman–Crippen LogP) is 5.20. The molecule has 16 heavy (non-hydrogen) atoms. The van der Waals surface area contributed by atoms with Crippen molar-refractivity contribution in [1.29, 1.82) is 0 Å². The molecule has 4 heteroatoms. The van der Waals surface area contributed by atoms with Crippen LogP contribution in [0.15, 0.2) is 12.2 Å². The van der Waals surface area contributed by atoms with Crippen LogP contribution in [0.3, 0.4) is 0 Å². The van der Waals surface area contributed by atoms with Crippen LogP contribution >= 0.6 is 46.4 Å². The molecule has 0 aromatic heterocycles. The van der Waals surface area contributed by atoms with Gasteiger partial charge in [0.15, 0.2) is 0 Å². The van der Waals surface area contributed by atoms with Gasteiger partial charge in [-0.1, -0.05) is 39.8 Å². The van der Waals surface area contributed by atoms with E-state index in [1.54, 1.807) is 0 Å². The fourth-order valence-electron chi connectivity index (χ4n) is 2.37. The van der Waals surface area contributed by atoms with Crippen molar-refractivity contribution in [2.75, 3.05) is 0 Å². The van der Waals surface area contributed by atoms with Crippen molar-refractivity contribution in [2.45, 2.75) is 36.4 Å². The maximum Gasteiger partial charge on any atom is 0.130 e. The molecule has 0 aromatic rings. The lowest BCUT2D eigenvalue weighted by atomic mass is 10.0. The molecule has 0 unspecified atom stereocenters. The zero-order valence-electron chi connectivity index (χ0n) is 9.82. The maximum atomic E-state index is 6.20. The van der Waals surface area contributed by atoms with Crippen LogP contribution in [0.5, 0.6) is 0 Å². The molecular weight excluding hydrogens is 286 g/mol. The lowest BCUT2D eigenvalue weighted by molar-refractivity contribution is 0.597. The van der Waals surface area contributed by atoms with E-state index in [1.807, 2.05) is 0 Å². The minimum absolute atomic E-state index is 0.0671. The molecule has 2 rings (SSSR count). The second-order valence-corrected chi connectivity index (χ2v) is 8.58. The molecule has 0 N–H and O–H groups in total. The van der Waals surface area contributed by atoms with Crippen LogP contribution in [0.4, 0.5) is 0 Å². The van der Waals surface area contributed by atoms with Gasteiger partial charge in [0.1, 0.15) is 8.67 Å². The van der Waals surface area contributed by atoms with Gasteiger partial charge in [-0.25, -0.2) is 0 Å². The highest BCUT2D eigenvalue weighted by Crippen LogP contribution is 2.72. The van der Waals surface area contributed by atoms with Gasteiger partial charge in [-0.2, -0.15) is 0 Å². The van der Waals surface area contributed by atoms with E-state index in [0.29, 0.717) is 0 Å². The van der Waals surface area contributed by atoms with Crippen molar-refractivity contribution in [2.24, 2.45) is 22.7 Å². The average Bonchev–Trinajstić information content (AvgIpc) is 2.68. The van der Waals surface area contributed by atoms with Gasteiger partial charge in [-0.3, -0.25) is 0 Å². The lowest BCUT2D eigenvalue weighted by Gasteiger charge is -2.04. The highest BCUT2D eigenvalue weighted by atomic mass is 35.5. The summed E-state index contributed by atoms with van der Waals surface area (Å²) in [5.41, 5.74) is -0.221. The summed E-state index contributed by atoms with van der Waals surface area (Å²) < 4.78 is -1.30. The van der Waals surface area contributed by atoms with E-state index in [0.717, 1.165) is 0 Å². The Morgan fingerprint density at radius 3 is 1.56 bits per heavy atom. The molecule has 0 aliphatic heterocycles. The molecule has 0 bridgehead atoms. The third kappa shape index (κ3) is 1.43. The second kappa shape index (κ2) is 3.26. The second-order valence-electron chi connectivity index (χ2n) is 5.81. The van der Waals surface area contributed by atoms with Crippen molar-refractivity contribution in [3.05, 3.63) is 12.2 Å². The first kappa shape index (κ1) is 13.3. The number of alkyl halides is 4. The largest absolute Gasteiger partial charge is 0.130 e. The summed E-state index contributed by atoms with van der Waals surface area (Å²) in [6, 6.07) is 0. The highest BCUT2D eigenvalue weighted by molar-refractivity contribution is 6.52. The predicted molar refractivity (Wildman–Crippen MR) is 72.6 cm³/mol. The zero-order chi connectivity index (χ0) is 12.6. The Balaban J connectivity index is 2.10. The van der Waals surface area contributed by atoms with E-state index in [4.69, 9.17) is 46.4 Å². The minimum atomic E-state index is -0.653. The monoisotopic (exact) mass is 300 g/mol. The van der Waals surface area contributed by atoms with Gasteiger partial charge in [0.2, 0.25) is 0 Å². The number of rotatable bonds is 2. The van der Waals surface area contributed by atoms with Crippen LogP contribution in [-0.4, -0.2) is 8.67 Å². The number of hydrogen-bond donors (Lipinski definition) is 0. The van der Waals surface area contributed by atoms with Gasteiger partial charge < -0.3 is 0 Å². The molecule has 0 nitrogen and oxygen atoms in total. The normalized spacial score (nSPS) is 47.0. The summed E-state index contributed by atoms with van der Waals surface area (Å²) in [6.07, 6.45) is 4.15. The average molecular weight is 302 g/mol. The standard InChI is InChI=1S/C12H16Cl4/c1-7-10(4,11(7,13)14)6-5-8-9(2,3)12(8,15)16/h5-8H,1-4H3/b6-5-/t7-,8+,10+/m0/s1. The SMILES string of the molecule is C[C@@H]1C(Cl)(Cl)[C@]1(C)/C=C\[C@@H]1C(C)(C)C1(Cl)Cl. The summed E-state index contributed by atoms with van der Waals surface area (Å²) >= 11 is 24.8. The Bertz CT molecular complexity index is 342. The van der Waals surface area contributed by atoms with Crippen molar-refractivity contribution >= 4 is 46.4 Å². The molecule has 0 spiro atoms. The number of hydrogen-bond acceptors (Lipinski definition) is 0. The minimum Gasteiger partial charge on any atom is -0.100 e. The first-order chi connectivity index (χ1) is 6.99. The zero-order valence-corrected chi connectivity index (χ0v) is 12.8. The Morgan fingerprint density at radius 2 is 1.31 bits per heavy atom. The lowest BCUT2D eigenvalue weighted by Crippen LogP contribution is -2.00. The summed E-state index contributed by atoms with van der Waals surface area (Å²) in [6.45, 7) is 8.25. The molecule has 2 aliphatic rings. The van der Waals surface area contributed by atoms with Gasteiger partial charge in [-0.05, 0) is 0 Å². The Kier molecular flexibility index (Phi) is 2.72. The molecule has 2 aliphatic carbocycles. The quantitative estimate of drug-likeness (QED) is 0.485. The third-order valence-electron chi connectivity index (χ3n) is 4.66. The number of allylic oxidation sites excluding steroid dienone is 2. The van der Waals surface area contributed by atoms with Crippen molar-refractivity contribution in [3.63, 3.8) is 0 Å².